The van der Waals surface area contributed by atoms with E-state index in [0.717, 1.165) is 5.66 Å². The lowest BCUT2D eigenvalue weighted by atomic mass is 9.99. The minimum atomic E-state index is 0.408. The van der Waals surface area contributed by atoms with E-state index >= 15 is 0 Å². The lowest BCUT2D eigenvalue weighted by Crippen LogP contribution is -2.15. The van der Waals surface area contributed by atoms with Crippen molar-refractivity contribution in [1.82, 2.24) is 0 Å². The molecule has 0 bridgehead atoms. The summed E-state index contributed by atoms with van der Waals surface area (Å²) in [6, 6.07) is 0. The molecule has 14 heavy (non-hydrogen) atoms. The number of hydrogen-bond acceptors (Lipinski definition) is 0. The zero-order valence-electron chi connectivity index (χ0n) is 10.1. The van der Waals surface area contributed by atoms with Crippen molar-refractivity contribution in [2.24, 2.45) is 0 Å². The van der Waals surface area contributed by atoms with Gasteiger partial charge in [0.05, 0.1) is 0 Å². The fourth-order valence-electron chi connectivity index (χ4n) is 1.26. The van der Waals surface area contributed by atoms with E-state index in [4.69, 9.17) is 0 Å². The van der Waals surface area contributed by atoms with Crippen LogP contribution in [-0.2, 0) is 0 Å². The number of rotatable bonds is 6. The van der Waals surface area contributed by atoms with Gasteiger partial charge in [0.1, 0.15) is 0 Å². The summed E-state index contributed by atoms with van der Waals surface area (Å²) in [7, 11) is 8.85. The lowest BCUT2D eigenvalue weighted by Gasteiger charge is -2.23. The van der Waals surface area contributed by atoms with Gasteiger partial charge in [-0.2, -0.15) is 0 Å². The second kappa shape index (κ2) is 6.13. The van der Waals surface area contributed by atoms with Crippen LogP contribution >= 0.6 is 27.7 Å². The van der Waals surface area contributed by atoms with Crippen LogP contribution in [0.5, 0.6) is 0 Å². The molecule has 0 aromatic rings. The van der Waals surface area contributed by atoms with Crippen LogP contribution in [0.1, 0.15) is 53.4 Å². The van der Waals surface area contributed by atoms with Gasteiger partial charge in [-0.05, 0) is 41.7 Å². The molecule has 3 unspecified atom stereocenters. The van der Waals surface area contributed by atoms with Crippen LogP contribution in [0, 0.1) is 0 Å². The van der Waals surface area contributed by atoms with E-state index in [2.05, 4.69) is 55.4 Å². The van der Waals surface area contributed by atoms with E-state index in [0.29, 0.717) is 10.3 Å². The fraction of sp³-hybridized carbons (Fsp3) is 1.00. The molecule has 0 aliphatic rings. The van der Waals surface area contributed by atoms with Crippen LogP contribution in [-0.4, -0.2) is 16.0 Å². The average molecular weight is 252 g/mol. The minimum Gasteiger partial charge on any atom is -0.134 e. The van der Waals surface area contributed by atoms with E-state index in [1.54, 1.807) is 0 Å². The summed E-state index contributed by atoms with van der Waals surface area (Å²) < 4.78 is 0. The van der Waals surface area contributed by atoms with Crippen LogP contribution in [0.15, 0.2) is 0 Å². The smallest absolute Gasteiger partial charge is 0.0206 e. The maximum absolute atomic E-state index is 3.00. The Morgan fingerprint density at radius 1 is 0.857 bits per heavy atom. The molecule has 0 aliphatic carbocycles. The third kappa shape index (κ3) is 11.4. The highest BCUT2D eigenvalue weighted by atomic mass is 31.0. The summed E-state index contributed by atoms with van der Waals surface area (Å²) in [5.41, 5.74) is 0.787. The first-order chi connectivity index (χ1) is 6.10. The fourth-order valence-corrected chi connectivity index (χ4v) is 1.93. The van der Waals surface area contributed by atoms with Crippen molar-refractivity contribution in [2.75, 3.05) is 0 Å². The van der Waals surface area contributed by atoms with Crippen molar-refractivity contribution < 1.29 is 0 Å². The Hall–Kier alpha value is 1.29. The van der Waals surface area contributed by atoms with Gasteiger partial charge in [0.15, 0.2) is 0 Å². The molecule has 3 heteroatoms. The summed E-state index contributed by atoms with van der Waals surface area (Å²) in [6.45, 7) is 9.15. The van der Waals surface area contributed by atoms with E-state index in [9.17, 15) is 0 Å². The zero-order valence-corrected chi connectivity index (χ0v) is 13.6. The molecule has 86 valence electrons. The molecule has 0 saturated carbocycles. The summed E-state index contributed by atoms with van der Waals surface area (Å²) >= 11 is 0. The summed E-state index contributed by atoms with van der Waals surface area (Å²) in [6.07, 6.45) is 5.23. The van der Waals surface area contributed by atoms with Gasteiger partial charge in [0, 0.05) is 0 Å². The first-order valence-electron chi connectivity index (χ1n) is 5.43. The lowest BCUT2D eigenvalue weighted by molar-refractivity contribution is 0.531. The molecule has 0 spiro atoms. The quantitative estimate of drug-likeness (QED) is 0.624. The first kappa shape index (κ1) is 15.3. The zero-order chi connectivity index (χ0) is 11.4. The van der Waals surface area contributed by atoms with Gasteiger partial charge in [-0.1, -0.05) is 27.7 Å². The summed E-state index contributed by atoms with van der Waals surface area (Å²) in [5, 5.41) is 0.816. The molecule has 0 amide bonds. The molecule has 0 aromatic heterocycles. The van der Waals surface area contributed by atoms with Crippen molar-refractivity contribution >= 4 is 27.7 Å². The Morgan fingerprint density at radius 3 is 1.36 bits per heavy atom. The maximum Gasteiger partial charge on any atom is -0.0206 e. The molecule has 0 saturated heterocycles. The van der Waals surface area contributed by atoms with Gasteiger partial charge >= 0.3 is 0 Å². The molecule has 0 rings (SSSR count). The Morgan fingerprint density at radius 2 is 1.14 bits per heavy atom. The predicted molar refractivity (Wildman–Crippen MR) is 79.5 cm³/mol. The molecule has 0 radical (unpaired) electrons. The van der Waals surface area contributed by atoms with Gasteiger partial charge in [-0.15, -0.1) is 27.7 Å². The third-order valence-corrected chi connectivity index (χ3v) is 3.56. The van der Waals surface area contributed by atoms with Crippen molar-refractivity contribution in [3.8, 4) is 0 Å². The third-order valence-electron chi connectivity index (χ3n) is 2.32. The minimum absolute atomic E-state index is 0.408. The monoisotopic (exact) mass is 252 g/mol. The standard InChI is InChI=1S/C11H27P3/c1-10(2,13)7-5-9(12)6-8-11(3,4)14/h9H,5-8,12-14H2,1-4H3. The van der Waals surface area contributed by atoms with Gasteiger partial charge < -0.3 is 0 Å². The summed E-state index contributed by atoms with van der Waals surface area (Å²) in [5.74, 6) is 0. The topological polar surface area (TPSA) is 0 Å². The Labute approximate surface area is 97.4 Å². The van der Waals surface area contributed by atoms with Crippen LogP contribution in [0.3, 0.4) is 0 Å². The first-order valence-corrected chi connectivity index (χ1v) is 7.26. The highest BCUT2D eigenvalue weighted by Gasteiger charge is 2.15. The maximum atomic E-state index is 3.00. The van der Waals surface area contributed by atoms with Crippen molar-refractivity contribution in [1.29, 1.82) is 0 Å². The second-order valence-corrected chi connectivity index (χ2v) is 9.88. The van der Waals surface area contributed by atoms with Gasteiger partial charge in [0.2, 0.25) is 0 Å². The van der Waals surface area contributed by atoms with E-state index in [1.807, 2.05) is 0 Å². The van der Waals surface area contributed by atoms with Crippen LogP contribution in [0.2, 0.25) is 0 Å². The van der Waals surface area contributed by atoms with Crippen LogP contribution < -0.4 is 0 Å². The Bertz CT molecular complexity index is 135. The SMILES string of the molecule is CC(C)(P)CCC(P)CCC(C)(C)P. The molecule has 0 N–H and O–H groups in total. The molecule has 0 aliphatic heterocycles. The largest absolute Gasteiger partial charge is 0.134 e. The molecule has 0 heterocycles. The van der Waals surface area contributed by atoms with Crippen molar-refractivity contribution in [3.05, 3.63) is 0 Å². The van der Waals surface area contributed by atoms with E-state index in [-0.39, 0.29) is 0 Å². The van der Waals surface area contributed by atoms with Crippen LogP contribution in [0.4, 0.5) is 0 Å². The summed E-state index contributed by atoms with van der Waals surface area (Å²) in [4.78, 5) is 0. The predicted octanol–water partition coefficient (Wildman–Crippen LogP) is 4.10. The molecule has 0 nitrogen and oxygen atoms in total. The van der Waals surface area contributed by atoms with Gasteiger partial charge in [-0.25, -0.2) is 0 Å². The highest BCUT2D eigenvalue weighted by molar-refractivity contribution is 7.19. The normalized spacial score (nSPS) is 13.7. The van der Waals surface area contributed by atoms with Gasteiger partial charge in [0.25, 0.3) is 0 Å². The Balaban J connectivity index is 3.62. The van der Waals surface area contributed by atoms with Gasteiger partial charge in [-0.3, -0.25) is 0 Å². The Kier molecular flexibility index (Phi) is 6.70. The molecular formula is C11H27P3. The molecular weight excluding hydrogens is 225 g/mol. The molecule has 0 fully saturated rings. The van der Waals surface area contributed by atoms with E-state index < -0.39 is 0 Å². The molecule has 3 atom stereocenters. The molecule has 0 aromatic carbocycles. The van der Waals surface area contributed by atoms with Crippen molar-refractivity contribution in [2.45, 2.75) is 69.3 Å². The highest BCUT2D eigenvalue weighted by Crippen LogP contribution is 2.30. The number of hydrogen-bond donors (Lipinski definition) is 0. The second-order valence-electron chi connectivity index (χ2n) is 5.81. The van der Waals surface area contributed by atoms with Crippen LogP contribution in [0.25, 0.3) is 0 Å². The average Bonchev–Trinajstić information content (AvgIpc) is 1.94. The van der Waals surface area contributed by atoms with E-state index in [1.165, 1.54) is 25.7 Å². The van der Waals surface area contributed by atoms with Crippen molar-refractivity contribution in [3.63, 3.8) is 0 Å².